The normalized spacial score (nSPS) is 10.7. The predicted molar refractivity (Wildman–Crippen MR) is 59.2 cm³/mol. The lowest BCUT2D eigenvalue weighted by molar-refractivity contribution is 0.0922. The lowest BCUT2D eigenvalue weighted by Crippen LogP contribution is -2.31. The number of rotatable bonds is 5. The molecule has 0 fully saturated rings. The second kappa shape index (κ2) is 5.78. The molecule has 0 aliphatic rings. The molecule has 15 heavy (non-hydrogen) atoms. The Hall–Kier alpha value is -1.00. The number of likely N-dealkylation sites (N-methyl/N-ethyl adjacent to an activating group) is 1. The maximum Gasteiger partial charge on any atom is 0.287 e. The van der Waals surface area contributed by atoms with E-state index >= 15 is 0 Å². The quantitative estimate of drug-likeness (QED) is 0.776. The third-order valence-electron chi connectivity index (χ3n) is 1.86. The first-order valence-corrected chi connectivity index (χ1v) is 5.24. The Balaban J connectivity index is 2.40. The number of furan rings is 1. The van der Waals surface area contributed by atoms with Gasteiger partial charge in [-0.05, 0) is 26.2 Å². The molecule has 0 saturated carbocycles. The first kappa shape index (κ1) is 12.1. The maximum atomic E-state index is 11.5. The van der Waals surface area contributed by atoms with E-state index in [-0.39, 0.29) is 11.8 Å². The molecule has 0 aliphatic heterocycles. The monoisotopic (exact) mass is 230 g/mol. The largest absolute Gasteiger partial charge is 0.455 e. The fraction of sp³-hybridized carbons (Fsp3) is 0.500. The minimum Gasteiger partial charge on any atom is -0.455 e. The van der Waals surface area contributed by atoms with Crippen molar-refractivity contribution in [2.45, 2.75) is 5.88 Å². The number of hydrogen-bond acceptors (Lipinski definition) is 3. The summed E-state index contributed by atoms with van der Waals surface area (Å²) in [5.74, 6) is 0.998. The number of carbonyl (C=O) groups is 1. The van der Waals surface area contributed by atoms with E-state index in [1.807, 2.05) is 19.0 Å². The molecule has 5 heteroatoms. The van der Waals surface area contributed by atoms with Crippen LogP contribution < -0.4 is 5.32 Å². The first-order chi connectivity index (χ1) is 7.13. The van der Waals surface area contributed by atoms with Gasteiger partial charge < -0.3 is 14.6 Å². The van der Waals surface area contributed by atoms with E-state index in [0.29, 0.717) is 18.1 Å². The zero-order valence-electron chi connectivity index (χ0n) is 8.92. The molecular weight excluding hydrogens is 216 g/mol. The zero-order valence-corrected chi connectivity index (χ0v) is 9.67. The average Bonchev–Trinajstić information content (AvgIpc) is 2.65. The van der Waals surface area contributed by atoms with Crippen LogP contribution in [0.25, 0.3) is 0 Å². The summed E-state index contributed by atoms with van der Waals surface area (Å²) in [6.07, 6.45) is 0. The summed E-state index contributed by atoms with van der Waals surface area (Å²) in [4.78, 5) is 13.5. The van der Waals surface area contributed by atoms with Crippen LogP contribution in [0.2, 0.25) is 0 Å². The molecule has 1 aromatic rings. The van der Waals surface area contributed by atoms with Crippen molar-refractivity contribution in [2.75, 3.05) is 27.2 Å². The highest BCUT2D eigenvalue weighted by Gasteiger charge is 2.09. The van der Waals surface area contributed by atoms with E-state index in [1.165, 1.54) is 0 Å². The van der Waals surface area contributed by atoms with Gasteiger partial charge in [-0.1, -0.05) is 0 Å². The standard InChI is InChI=1S/C10H15ClN2O2/c1-13(2)6-5-12-10(14)9-4-3-8(7-11)15-9/h3-4H,5-7H2,1-2H3,(H,12,14). The Morgan fingerprint density at radius 1 is 1.53 bits per heavy atom. The van der Waals surface area contributed by atoms with Crippen molar-refractivity contribution in [3.05, 3.63) is 23.7 Å². The lowest BCUT2D eigenvalue weighted by Gasteiger charge is -2.09. The van der Waals surface area contributed by atoms with Gasteiger partial charge in [-0.3, -0.25) is 4.79 Å². The molecule has 1 N–H and O–H groups in total. The van der Waals surface area contributed by atoms with Crippen LogP contribution in [0.5, 0.6) is 0 Å². The molecule has 0 radical (unpaired) electrons. The topological polar surface area (TPSA) is 45.5 Å². The van der Waals surface area contributed by atoms with E-state index in [4.69, 9.17) is 16.0 Å². The van der Waals surface area contributed by atoms with E-state index < -0.39 is 0 Å². The molecule has 0 aromatic carbocycles. The molecule has 0 saturated heterocycles. The van der Waals surface area contributed by atoms with Crippen molar-refractivity contribution in [1.29, 1.82) is 0 Å². The minimum absolute atomic E-state index is 0.201. The molecule has 0 spiro atoms. The van der Waals surface area contributed by atoms with Crippen LogP contribution >= 0.6 is 11.6 Å². The van der Waals surface area contributed by atoms with E-state index in [2.05, 4.69) is 5.32 Å². The van der Waals surface area contributed by atoms with Crippen LogP contribution in [0, 0.1) is 0 Å². The van der Waals surface area contributed by atoms with Gasteiger partial charge in [0.1, 0.15) is 5.76 Å². The molecule has 84 valence electrons. The molecule has 0 atom stereocenters. The third-order valence-corrected chi connectivity index (χ3v) is 2.13. The number of nitrogens with one attached hydrogen (secondary N) is 1. The fourth-order valence-electron chi connectivity index (χ4n) is 1.05. The molecule has 1 aromatic heterocycles. The molecule has 0 bridgehead atoms. The van der Waals surface area contributed by atoms with Gasteiger partial charge in [0.05, 0.1) is 5.88 Å². The number of hydrogen-bond donors (Lipinski definition) is 1. The smallest absolute Gasteiger partial charge is 0.287 e. The maximum absolute atomic E-state index is 11.5. The van der Waals surface area contributed by atoms with E-state index in [1.54, 1.807) is 12.1 Å². The molecular formula is C10H15ClN2O2. The summed E-state index contributed by atoms with van der Waals surface area (Å²) in [5, 5.41) is 2.75. The molecule has 0 unspecified atom stereocenters. The van der Waals surface area contributed by atoms with Crippen LogP contribution in [-0.4, -0.2) is 38.0 Å². The summed E-state index contributed by atoms with van der Waals surface area (Å²) in [6.45, 7) is 1.40. The summed E-state index contributed by atoms with van der Waals surface area (Å²) >= 11 is 5.56. The molecule has 1 rings (SSSR count). The van der Waals surface area contributed by atoms with Gasteiger partial charge in [0, 0.05) is 13.1 Å². The first-order valence-electron chi connectivity index (χ1n) is 4.71. The average molecular weight is 231 g/mol. The van der Waals surface area contributed by atoms with Crippen molar-refractivity contribution >= 4 is 17.5 Å². The molecule has 1 heterocycles. The minimum atomic E-state index is -0.201. The highest BCUT2D eigenvalue weighted by molar-refractivity contribution is 6.16. The van der Waals surface area contributed by atoms with E-state index in [0.717, 1.165) is 6.54 Å². The Kier molecular flexibility index (Phi) is 4.65. The van der Waals surface area contributed by atoms with Gasteiger partial charge >= 0.3 is 0 Å². The number of halogens is 1. The van der Waals surface area contributed by atoms with Crippen molar-refractivity contribution in [3.8, 4) is 0 Å². The predicted octanol–water partition coefficient (Wildman–Crippen LogP) is 1.31. The summed E-state index contributed by atoms with van der Waals surface area (Å²) in [7, 11) is 3.90. The third kappa shape index (κ3) is 3.93. The lowest BCUT2D eigenvalue weighted by atomic mass is 10.4. The van der Waals surface area contributed by atoms with Gasteiger partial charge in [-0.2, -0.15) is 0 Å². The van der Waals surface area contributed by atoms with Crippen molar-refractivity contribution in [3.63, 3.8) is 0 Å². The van der Waals surface area contributed by atoms with Crippen LogP contribution in [0.1, 0.15) is 16.3 Å². The number of amides is 1. The second-order valence-corrected chi connectivity index (χ2v) is 3.73. The van der Waals surface area contributed by atoms with Gasteiger partial charge in [-0.25, -0.2) is 0 Å². The number of carbonyl (C=O) groups excluding carboxylic acids is 1. The van der Waals surface area contributed by atoms with Gasteiger partial charge in [-0.15, -0.1) is 11.6 Å². The SMILES string of the molecule is CN(C)CCNC(=O)c1ccc(CCl)o1. The fourth-order valence-corrected chi connectivity index (χ4v) is 1.20. The van der Waals surface area contributed by atoms with Gasteiger partial charge in [0.2, 0.25) is 0 Å². The van der Waals surface area contributed by atoms with Crippen molar-refractivity contribution < 1.29 is 9.21 Å². The van der Waals surface area contributed by atoms with E-state index in [9.17, 15) is 4.79 Å². The molecule has 4 nitrogen and oxygen atoms in total. The van der Waals surface area contributed by atoms with Crippen LogP contribution in [0.15, 0.2) is 16.5 Å². The van der Waals surface area contributed by atoms with Crippen LogP contribution in [0.3, 0.4) is 0 Å². The van der Waals surface area contributed by atoms with Crippen LogP contribution in [0.4, 0.5) is 0 Å². The number of alkyl halides is 1. The van der Waals surface area contributed by atoms with Gasteiger partial charge in [0.25, 0.3) is 5.91 Å². The second-order valence-electron chi connectivity index (χ2n) is 3.46. The highest BCUT2D eigenvalue weighted by Crippen LogP contribution is 2.09. The van der Waals surface area contributed by atoms with Crippen molar-refractivity contribution in [1.82, 2.24) is 10.2 Å². The summed E-state index contributed by atoms with van der Waals surface area (Å²) in [6, 6.07) is 3.33. The van der Waals surface area contributed by atoms with Crippen molar-refractivity contribution in [2.24, 2.45) is 0 Å². The Morgan fingerprint density at radius 3 is 2.80 bits per heavy atom. The Morgan fingerprint density at radius 2 is 2.27 bits per heavy atom. The Labute approximate surface area is 94.2 Å². The van der Waals surface area contributed by atoms with Crippen LogP contribution in [-0.2, 0) is 5.88 Å². The summed E-state index contributed by atoms with van der Waals surface area (Å²) in [5.41, 5.74) is 0. The highest BCUT2D eigenvalue weighted by atomic mass is 35.5. The number of nitrogens with zero attached hydrogens (tertiary/aromatic N) is 1. The Bertz CT molecular complexity index is 323. The zero-order chi connectivity index (χ0) is 11.3. The molecule has 0 aliphatic carbocycles. The summed E-state index contributed by atoms with van der Waals surface area (Å²) < 4.78 is 5.19. The van der Waals surface area contributed by atoms with Gasteiger partial charge in [0.15, 0.2) is 5.76 Å². The molecule has 1 amide bonds.